The van der Waals surface area contributed by atoms with Gasteiger partial charge in [0, 0.05) is 29.7 Å². The molecule has 2 aromatic rings. The van der Waals surface area contributed by atoms with E-state index in [1.54, 1.807) is 19.4 Å². The summed E-state index contributed by atoms with van der Waals surface area (Å²) in [5.74, 6) is -0.0812. The molecule has 0 aliphatic carbocycles. The number of nitrogens with zero attached hydrogens (tertiary/aromatic N) is 1. The monoisotopic (exact) mass is 231 g/mol. The van der Waals surface area contributed by atoms with Crippen molar-refractivity contribution in [1.29, 1.82) is 0 Å². The number of amides is 1. The maximum Gasteiger partial charge on any atom is 0.253 e. The van der Waals surface area contributed by atoms with Crippen molar-refractivity contribution in [3.63, 3.8) is 0 Å². The number of aromatic nitrogens is 2. The topological polar surface area (TPSA) is 57.8 Å². The number of carbonyl (C=O) groups excluding carboxylic acids is 1. The summed E-state index contributed by atoms with van der Waals surface area (Å²) in [5, 5.41) is 3.56. The molecule has 0 unspecified atom stereocenters. The van der Waals surface area contributed by atoms with Gasteiger partial charge in [0.25, 0.3) is 5.91 Å². The molecule has 2 heterocycles. The molecule has 90 valence electrons. The fourth-order valence-corrected chi connectivity index (χ4v) is 1.75. The number of hydrogen-bond donors (Lipinski definition) is 2. The van der Waals surface area contributed by atoms with Crippen molar-refractivity contribution in [3.8, 4) is 0 Å². The predicted octanol–water partition coefficient (Wildman–Crippen LogP) is 2.22. The summed E-state index contributed by atoms with van der Waals surface area (Å²) in [5.41, 5.74) is 2.51. The minimum absolute atomic E-state index is 0.0224. The molecule has 0 atom stereocenters. The van der Waals surface area contributed by atoms with E-state index < -0.39 is 0 Å². The molecule has 17 heavy (non-hydrogen) atoms. The van der Waals surface area contributed by atoms with Crippen LogP contribution in [0.2, 0.25) is 0 Å². The first-order chi connectivity index (χ1) is 7.93. The average molecular weight is 231 g/mol. The summed E-state index contributed by atoms with van der Waals surface area (Å²) >= 11 is 0. The Balaban J connectivity index is 2.62. The van der Waals surface area contributed by atoms with E-state index in [-0.39, 0.29) is 11.3 Å². The minimum Gasteiger partial charge on any atom is -0.359 e. The molecule has 4 nitrogen and oxygen atoms in total. The standard InChI is InChI=1S/C13H17N3O/c1-13(2,3)11-5-8-9(12(17)14-4)6-15-10(8)7-16-11/h5-7,15H,1-4H3,(H,14,17). The average Bonchev–Trinajstić information content (AvgIpc) is 2.69. The van der Waals surface area contributed by atoms with E-state index in [0.29, 0.717) is 5.56 Å². The van der Waals surface area contributed by atoms with Gasteiger partial charge >= 0.3 is 0 Å². The zero-order valence-electron chi connectivity index (χ0n) is 10.6. The Hall–Kier alpha value is -1.84. The molecule has 2 N–H and O–H groups in total. The molecule has 0 aliphatic rings. The van der Waals surface area contributed by atoms with Crippen molar-refractivity contribution in [1.82, 2.24) is 15.3 Å². The second-order valence-electron chi connectivity index (χ2n) is 5.15. The Morgan fingerprint density at radius 3 is 2.71 bits per heavy atom. The fraction of sp³-hybridized carbons (Fsp3) is 0.385. The van der Waals surface area contributed by atoms with Crippen LogP contribution in [0.4, 0.5) is 0 Å². The number of pyridine rings is 1. The van der Waals surface area contributed by atoms with Gasteiger partial charge in [0.05, 0.1) is 17.3 Å². The molecule has 0 saturated carbocycles. The van der Waals surface area contributed by atoms with Crippen LogP contribution < -0.4 is 5.32 Å². The first kappa shape index (κ1) is 11.6. The van der Waals surface area contributed by atoms with Crippen LogP contribution in [-0.4, -0.2) is 22.9 Å². The van der Waals surface area contributed by atoms with Gasteiger partial charge in [0.2, 0.25) is 0 Å². The molecular formula is C13H17N3O. The van der Waals surface area contributed by atoms with Gasteiger partial charge in [-0.1, -0.05) is 20.8 Å². The maximum absolute atomic E-state index is 11.7. The van der Waals surface area contributed by atoms with Gasteiger partial charge in [0.1, 0.15) is 0 Å². The van der Waals surface area contributed by atoms with E-state index >= 15 is 0 Å². The van der Waals surface area contributed by atoms with Gasteiger partial charge in [0.15, 0.2) is 0 Å². The van der Waals surface area contributed by atoms with Crippen LogP contribution >= 0.6 is 0 Å². The normalized spacial score (nSPS) is 11.8. The number of fused-ring (bicyclic) bond motifs is 1. The van der Waals surface area contributed by atoms with Crippen molar-refractivity contribution < 1.29 is 4.79 Å². The lowest BCUT2D eigenvalue weighted by atomic mass is 9.91. The third-order valence-electron chi connectivity index (χ3n) is 2.81. The SMILES string of the molecule is CNC(=O)c1c[nH]c2cnc(C(C)(C)C)cc12. The van der Waals surface area contributed by atoms with Crippen molar-refractivity contribution in [2.24, 2.45) is 0 Å². The molecule has 0 aliphatic heterocycles. The molecule has 1 amide bonds. The lowest BCUT2D eigenvalue weighted by Gasteiger charge is -2.17. The van der Waals surface area contributed by atoms with E-state index in [1.807, 2.05) is 6.07 Å². The van der Waals surface area contributed by atoms with Crippen molar-refractivity contribution in [2.45, 2.75) is 26.2 Å². The number of aromatic amines is 1. The Labute approximate surface area is 100 Å². The number of carbonyl (C=O) groups is 1. The highest BCUT2D eigenvalue weighted by Gasteiger charge is 2.18. The van der Waals surface area contributed by atoms with Crippen molar-refractivity contribution in [3.05, 3.63) is 29.7 Å². The molecule has 0 saturated heterocycles. The minimum atomic E-state index is -0.0812. The molecule has 0 fully saturated rings. The van der Waals surface area contributed by atoms with Crippen LogP contribution in [0.25, 0.3) is 10.9 Å². The quantitative estimate of drug-likeness (QED) is 0.790. The third-order valence-corrected chi connectivity index (χ3v) is 2.81. The molecule has 0 spiro atoms. The number of H-pyrrole nitrogens is 1. The van der Waals surface area contributed by atoms with E-state index in [0.717, 1.165) is 16.6 Å². The highest BCUT2D eigenvalue weighted by molar-refractivity contribution is 6.06. The summed E-state index contributed by atoms with van der Waals surface area (Å²) < 4.78 is 0. The van der Waals surface area contributed by atoms with Crippen molar-refractivity contribution >= 4 is 16.8 Å². The van der Waals surface area contributed by atoms with E-state index in [9.17, 15) is 4.79 Å². The van der Waals surface area contributed by atoms with Crippen LogP contribution in [0.3, 0.4) is 0 Å². The zero-order valence-corrected chi connectivity index (χ0v) is 10.6. The number of nitrogens with one attached hydrogen (secondary N) is 2. The highest BCUT2D eigenvalue weighted by Crippen LogP contribution is 2.25. The highest BCUT2D eigenvalue weighted by atomic mass is 16.1. The largest absolute Gasteiger partial charge is 0.359 e. The summed E-state index contributed by atoms with van der Waals surface area (Å²) in [4.78, 5) is 19.2. The summed E-state index contributed by atoms with van der Waals surface area (Å²) in [6.45, 7) is 6.31. The number of rotatable bonds is 1. The van der Waals surface area contributed by atoms with Gasteiger partial charge in [-0.05, 0) is 6.07 Å². The lowest BCUT2D eigenvalue weighted by Crippen LogP contribution is -2.17. The van der Waals surface area contributed by atoms with Gasteiger partial charge in [-0.25, -0.2) is 0 Å². The van der Waals surface area contributed by atoms with Crippen LogP contribution in [0.5, 0.6) is 0 Å². The van der Waals surface area contributed by atoms with Gasteiger partial charge in [-0.2, -0.15) is 0 Å². The molecule has 0 bridgehead atoms. The molecule has 4 heteroatoms. The first-order valence-corrected chi connectivity index (χ1v) is 5.63. The molecule has 0 aromatic carbocycles. The van der Waals surface area contributed by atoms with E-state index in [1.165, 1.54) is 0 Å². The predicted molar refractivity (Wildman–Crippen MR) is 68.2 cm³/mol. The molecule has 0 radical (unpaired) electrons. The van der Waals surface area contributed by atoms with Crippen LogP contribution in [0, 0.1) is 0 Å². The molecule has 2 aromatic heterocycles. The fourth-order valence-electron chi connectivity index (χ4n) is 1.75. The second kappa shape index (κ2) is 3.87. The van der Waals surface area contributed by atoms with Gasteiger partial charge in [-0.3, -0.25) is 9.78 Å². The first-order valence-electron chi connectivity index (χ1n) is 5.63. The van der Waals surface area contributed by atoms with Gasteiger partial charge in [-0.15, -0.1) is 0 Å². The molecule has 2 rings (SSSR count). The summed E-state index contributed by atoms with van der Waals surface area (Å²) in [7, 11) is 1.63. The summed E-state index contributed by atoms with van der Waals surface area (Å²) in [6.07, 6.45) is 3.50. The van der Waals surface area contributed by atoms with Crippen molar-refractivity contribution in [2.75, 3.05) is 7.05 Å². The molecular weight excluding hydrogens is 214 g/mol. The third kappa shape index (κ3) is 2.02. The Kier molecular flexibility index (Phi) is 2.65. The maximum atomic E-state index is 11.7. The Morgan fingerprint density at radius 2 is 2.12 bits per heavy atom. The number of hydrogen-bond acceptors (Lipinski definition) is 2. The van der Waals surface area contributed by atoms with Crippen LogP contribution in [0.1, 0.15) is 36.8 Å². The zero-order chi connectivity index (χ0) is 12.6. The lowest BCUT2D eigenvalue weighted by molar-refractivity contribution is 0.0965. The Bertz CT molecular complexity index is 564. The Morgan fingerprint density at radius 1 is 1.41 bits per heavy atom. The van der Waals surface area contributed by atoms with Gasteiger partial charge < -0.3 is 10.3 Å². The van der Waals surface area contributed by atoms with Crippen LogP contribution in [0.15, 0.2) is 18.5 Å². The van der Waals surface area contributed by atoms with E-state index in [4.69, 9.17) is 0 Å². The smallest absolute Gasteiger partial charge is 0.253 e. The second-order valence-corrected chi connectivity index (χ2v) is 5.15. The van der Waals surface area contributed by atoms with Crippen LogP contribution in [-0.2, 0) is 5.41 Å². The van der Waals surface area contributed by atoms with E-state index in [2.05, 4.69) is 36.1 Å². The summed E-state index contributed by atoms with van der Waals surface area (Å²) in [6, 6.07) is 1.98.